The van der Waals surface area contributed by atoms with Gasteiger partial charge in [-0.15, -0.1) is 0 Å². The smallest absolute Gasteiger partial charge is 0.335 e. The topological polar surface area (TPSA) is 47.6 Å². The normalized spacial score (nSPS) is 16.8. The summed E-state index contributed by atoms with van der Waals surface area (Å²) in [5.74, 6) is 0.478. The average molecular weight is 309 g/mol. The molecule has 0 radical (unpaired) electrons. The van der Waals surface area contributed by atoms with E-state index >= 15 is 0 Å². The zero-order valence-corrected chi connectivity index (χ0v) is 13.2. The lowest BCUT2D eigenvalue weighted by Crippen LogP contribution is -2.25. The highest BCUT2D eigenvalue weighted by Gasteiger charge is 2.26. The summed E-state index contributed by atoms with van der Waals surface area (Å²) in [7, 11) is 3.05. The molecule has 1 unspecified atom stereocenters. The second-order valence-electron chi connectivity index (χ2n) is 5.38. The Labute approximate surface area is 135 Å². The maximum absolute atomic E-state index is 12.3. The Bertz CT molecular complexity index is 738. The van der Waals surface area contributed by atoms with Crippen molar-refractivity contribution in [1.29, 1.82) is 0 Å². The molecule has 0 amide bonds. The highest BCUT2D eigenvalue weighted by Crippen LogP contribution is 2.30. The van der Waals surface area contributed by atoms with Gasteiger partial charge >= 0.3 is 5.97 Å². The Morgan fingerprint density at radius 2 is 1.91 bits per heavy atom. The molecule has 0 saturated carbocycles. The van der Waals surface area contributed by atoms with E-state index in [0.29, 0.717) is 12.1 Å². The van der Waals surface area contributed by atoms with E-state index in [1.165, 1.54) is 7.11 Å². The van der Waals surface area contributed by atoms with Gasteiger partial charge in [0.05, 0.1) is 25.8 Å². The van der Waals surface area contributed by atoms with Gasteiger partial charge in [-0.3, -0.25) is 0 Å². The number of nitrogens with one attached hydrogen (secondary N) is 1. The Hall–Kier alpha value is -2.59. The molecule has 1 aliphatic rings. The third kappa shape index (κ3) is 3.12. The standard InChI is InChI=1S/C19H19NO3/c1-22-16-9-8-14-11-17(19(21)23-2)18(20-12-15(14)10-16)13-6-4-3-5-7-13/h3-11,18,20H,12H2,1-2H3. The summed E-state index contributed by atoms with van der Waals surface area (Å²) in [6.45, 7) is 0.642. The second-order valence-corrected chi connectivity index (χ2v) is 5.38. The molecule has 0 bridgehead atoms. The molecule has 23 heavy (non-hydrogen) atoms. The SMILES string of the molecule is COC(=O)C1=Cc2ccc(OC)cc2CNC1c1ccccc1. The van der Waals surface area contributed by atoms with Crippen LogP contribution in [0, 0.1) is 0 Å². The van der Waals surface area contributed by atoms with E-state index in [1.807, 2.05) is 54.6 Å². The first-order valence-corrected chi connectivity index (χ1v) is 7.48. The van der Waals surface area contributed by atoms with Crippen LogP contribution < -0.4 is 10.1 Å². The number of carbonyl (C=O) groups is 1. The van der Waals surface area contributed by atoms with E-state index in [9.17, 15) is 4.79 Å². The number of methoxy groups -OCH3 is 2. The van der Waals surface area contributed by atoms with E-state index in [2.05, 4.69) is 5.32 Å². The minimum atomic E-state index is -0.324. The summed E-state index contributed by atoms with van der Waals surface area (Å²) in [6.07, 6.45) is 1.90. The molecular weight excluding hydrogens is 290 g/mol. The molecular formula is C19H19NO3. The predicted molar refractivity (Wildman–Crippen MR) is 89.0 cm³/mol. The van der Waals surface area contributed by atoms with Crippen LogP contribution in [0.2, 0.25) is 0 Å². The summed E-state index contributed by atoms with van der Waals surface area (Å²) in [6, 6.07) is 15.5. The van der Waals surface area contributed by atoms with Crippen LogP contribution in [0.1, 0.15) is 22.7 Å². The highest BCUT2D eigenvalue weighted by atomic mass is 16.5. The van der Waals surface area contributed by atoms with Crippen LogP contribution in [-0.4, -0.2) is 20.2 Å². The summed E-state index contributed by atoms with van der Waals surface area (Å²) in [5.41, 5.74) is 3.72. The Balaban J connectivity index is 2.06. The Morgan fingerprint density at radius 1 is 1.13 bits per heavy atom. The summed E-state index contributed by atoms with van der Waals surface area (Å²) in [4.78, 5) is 12.3. The van der Waals surface area contributed by atoms with Crippen molar-refractivity contribution in [1.82, 2.24) is 5.32 Å². The fraction of sp³-hybridized carbons (Fsp3) is 0.211. The van der Waals surface area contributed by atoms with Crippen molar-refractivity contribution in [2.45, 2.75) is 12.6 Å². The Kier molecular flexibility index (Phi) is 4.44. The molecule has 1 N–H and O–H groups in total. The summed E-state index contributed by atoms with van der Waals surface area (Å²) < 4.78 is 10.3. The van der Waals surface area contributed by atoms with E-state index < -0.39 is 0 Å². The molecule has 4 heteroatoms. The first kappa shape index (κ1) is 15.3. The van der Waals surface area contributed by atoms with Crippen LogP contribution in [0.4, 0.5) is 0 Å². The van der Waals surface area contributed by atoms with Crippen molar-refractivity contribution in [2.75, 3.05) is 14.2 Å². The van der Waals surface area contributed by atoms with Crippen molar-refractivity contribution in [3.63, 3.8) is 0 Å². The number of rotatable bonds is 3. The predicted octanol–water partition coefficient (Wildman–Crippen LogP) is 3.10. The molecule has 0 aromatic heterocycles. The number of ether oxygens (including phenoxy) is 2. The minimum Gasteiger partial charge on any atom is -0.497 e. The van der Waals surface area contributed by atoms with Gasteiger partial charge in [-0.2, -0.15) is 0 Å². The van der Waals surface area contributed by atoms with Crippen LogP contribution in [0.25, 0.3) is 6.08 Å². The first-order valence-electron chi connectivity index (χ1n) is 7.48. The molecule has 0 spiro atoms. The number of hydrogen-bond donors (Lipinski definition) is 1. The van der Waals surface area contributed by atoms with Gasteiger partial charge in [-0.1, -0.05) is 36.4 Å². The van der Waals surface area contributed by atoms with Crippen LogP contribution in [0.5, 0.6) is 5.75 Å². The number of benzene rings is 2. The van der Waals surface area contributed by atoms with E-state index in [0.717, 1.165) is 22.4 Å². The maximum Gasteiger partial charge on any atom is 0.335 e. The molecule has 1 atom stereocenters. The number of carbonyl (C=O) groups excluding carboxylic acids is 1. The average Bonchev–Trinajstić information content (AvgIpc) is 2.80. The molecule has 2 aromatic carbocycles. The fourth-order valence-electron chi connectivity index (χ4n) is 2.81. The van der Waals surface area contributed by atoms with Crippen molar-refractivity contribution >= 4 is 12.0 Å². The zero-order valence-electron chi connectivity index (χ0n) is 13.2. The molecule has 118 valence electrons. The van der Waals surface area contributed by atoms with Gasteiger partial charge in [0, 0.05) is 6.54 Å². The van der Waals surface area contributed by atoms with Gasteiger partial charge in [0.25, 0.3) is 0 Å². The van der Waals surface area contributed by atoms with Gasteiger partial charge in [-0.05, 0) is 34.9 Å². The van der Waals surface area contributed by atoms with E-state index in [-0.39, 0.29) is 12.0 Å². The lowest BCUT2D eigenvalue weighted by atomic mass is 9.97. The number of esters is 1. The minimum absolute atomic E-state index is 0.206. The zero-order chi connectivity index (χ0) is 16.2. The van der Waals surface area contributed by atoms with Crippen molar-refractivity contribution < 1.29 is 14.3 Å². The van der Waals surface area contributed by atoms with Crippen LogP contribution in [0.3, 0.4) is 0 Å². The Morgan fingerprint density at radius 3 is 2.61 bits per heavy atom. The van der Waals surface area contributed by atoms with Gasteiger partial charge in [0.2, 0.25) is 0 Å². The van der Waals surface area contributed by atoms with Crippen LogP contribution >= 0.6 is 0 Å². The van der Waals surface area contributed by atoms with Crippen molar-refractivity contribution in [2.24, 2.45) is 0 Å². The molecule has 0 aliphatic carbocycles. The van der Waals surface area contributed by atoms with Gasteiger partial charge in [0.15, 0.2) is 0 Å². The molecule has 4 nitrogen and oxygen atoms in total. The number of fused-ring (bicyclic) bond motifs is 1. The van der Waals surface area contributed by atoms with E-state index in [4.69, 9.17) is 9.47 Å². The first-order chi connectivity index (χ1) is 11.2. The monoisotopic (exact) mass is 309 g/mol. The van der Waals surface area contributed by atoms with Gasteiger partial charge < -0.3 is 14.8 Å². The molecule has 2 aromatic rings. The van der Waals surface area contributed by atoms with E-state index in [1.54, 1.807) is 7.11 Å². The van der Waals surface area contributed by atoms with Gasteiger partial charge in [0.1, 0.15) is 5.75 Å². The lowest BCUT2D eigenvalue weighted by molar-refractivity contribution is -0.136. The molecule has 0 fully saturated rings. The van der Waals surface area contributed by atoms with Crippen LogP contribution in [0.15, 0.2) is 54.1 Å². The summed E-state index contributed by atoms with van der Waals surface area (Å²) in [5, 5.41) is 3.45. The van der Waals surface area contributed by atoms with Crippen molar-refractivity contribution in [3.8, 4) is 5.75 Å². The lowest BCUT2D eigenvalue weighted by Gasteiger charge is -2.19. The quantitative estimate of drug-likeness (QED) is 0.885. The molecule has 0 saturated heterocycles. The molecule has 1 aliphatic heterocycles. The fourth-order valence-corrected chi connectivity index (χ4v) is 2.81. The summed E-state index contributed by atoms with van der Waals surface area (Å²) >= 11 is 0. The molecule has 1 heterocycles. The van der Waals surface area contributed by atoms with Gasteiger partial charge in [-0.25, -0.2) is 4.79 Å². The van der Waals surface area contributed by atoms with Crippen molar-refractivity contribution in [3.05, 3.63) is 70.8 Å². The third-order valence-corrected chi connectivity index (χ3v) is 4.02. The largest absolute Gasteiger partial charge is 0.497 e. The third-order valence-electron chi connectivity index (χ3n) is 4.02. The number of hydrogen-bond acceptors (Lipinski definition) is 4. The maximum atomic E-state index is 12.3. The molecule has 3 rings (SSSR count). The second kappa shape index (κ2) is 6.67. The van der Waals surface area contributed by atoms with Crippen LogP contribution in [-0.2, 0) is 16.1 Å². The highest BCUT2D eigenvalue weighted by molar-refractivity contribution is 5.95.